The molecule has 0 fully saturated rings. The van der Waals surface area contributed by atoms with Gasteiger partial charge in [-0.25, -0.2) is 13.1 Å². The molecule has 0 aliphatic heterocycles. The van der Waals surface area contributed by atoms with Crippen molar-refractivity contribution in [3.63, 3.8) is 0 Å². The van der Waals surface area contributed by atoms with Crippen molar-refractivity contribution in [2.45, 2.75) is 18.4 Å². The fraction of sp³-hybridized carbons (Fsp3) is 0.182. The maximum absolute atomic E-state index is 12.1. The van der Waals surface area contributed by atoms with Gasteiger partial charge in [-0.3, -0.25) is 10.1 Å². The third kappa shape index (κ3) is 3.35. The molecule has 0 saturated carbocycles. The average Bonchev–Trinajstić information content (AvgIpc) is 2.82. The second-order valence-corrected chi connectivity index (χ2v) is 5.98. The van der Waals surface area contributed by atoms with Gasteiger partial charge in [-0.15, -0.1) is 0 Å². The first-order chi connectivity index (χ1) is 9.79. The molecule has 0 radical (unpaired) electrons. The standard InChI is InChI=1S/C11H12N4O5S/c1-7-4-9(20-14-7)6-13-21(18,19)11-3-2-8(12)5-10(11)15(16)17/h2-5,13H,6,12H2,1H3. The number of nitrogen functional groups attached to an aromatic ring is 1. The summed E-state index contributed by atoms with van der Waals surface area (Å²) in [6, 6.07) is 4.91. The van der Waals surface area contributed by atoms with Crippen molar-refractivity contribution in [3.05, 3.63) is 45.8 Å². The molecule has 0 atom stereocenters. The Morgan fingerprint density at radius 1 is 1.43 bits per heavy atom. The summed E-state index contributed by atoms with van der Waals surface area (Å²) in [6.07, 6.45) is 0. The van der Waals surface area contributed by atoms with E-state index in [0.29, 0.717) is 11.5 Å². The summed E-state index contributed by atoms with van der Waals surface area (Å²) in [6.45, 7) is 1.52. The van der Waals surface area contributed by atoms with Crippen molar-refractivity contribution in [1.29, 1.82) is 0 Å². The van der Waals surface area contributed by atoms with E-state index in [9.17, 15) is 18.5 Å². The number of nitro benzene ring substituents is 1. The number of sulfonamides is 1. The molecule has 10 heteroatoms. The topological polar surface area (TPSA) is 141 Å². The molecule has 0 amide bonds. The zero-order valence-corrected chi connectivity index (χ0v) is 11.8. The molecule has 1 aromatic carbocycles. The van der Waals surface area contributed by atoms with Gasteiger partial charge in [0, 0.05) is 17.8 Å². The Morgan fingerprint density at radius 3 is 2.71 bits per heavy atom. The maximum Gasteiger partial charge on any atom is 0.291 e. The summed E-state index contributed by atoms with van der Waals surface area (Å²) >= 11 is 0. The number of nitro groups is 1. The Kier molecular flexibility index (Phi) is 3.91. The van der Waals surface area contributed by atoms with E-state index in [1.807, 2.05) is 0 Å². The number of anilines is 1. The molecule has 1 aromatic heterocycles. The zero-order chi connectivity index (χ0) is 15.6. The predicted molar refractivity (Wildman–Crippen MR) is 72.8 cm³/mol. The average molecular weight is 312 g/mol. The molecule has 3 N–H and O–H groups in total. The second-order valence-electron chi connectivity index (χ2n) is 4.24. The largest absolute Gasteiger partial charge is 0.399 e. The second kappa shape index (κ2) is 5.50. The lowest BCUT2D eigenvalue weighted by Crippen LogP contribution is -2.24. The Hall–Kier alpha value is -2.46. The minimum absolute atomic E-state index is 0.103. The van der Waals surface area contributed by atoms with Gasteiger partial charge in [0.15, 0.2) is 10.7 Å². The molecule has 0 saturated heterocycles. The van der Waals surface area contributed by atoms with Crippen LogP contribution in [0.5, 0.6) is 0 Å². The Labute approximate surface area is 119 Å². The lowest BCUT2D eigenvalue weighted by atomic mass is 10.3. The molecule has 0 bridgehead atoms. The lowest BCUT2D eigenvalue weighted by molar-refractivity contribution is -0.387. The Balaban J connectivity index is 2.29. The number of aryl methyl sites for hydroxylation is 1. The molecular formula is C11H12N4O5S. The van der Waals surface area contributed by atoms with E-state index in [1.165, 1.54) is 6.07 Å². The predicted octanol–water partition coefficient (Wildman–Crippen LogP) is 0.952. The summed E-state index contributed by atoms with van der Waals surface area (Å²) in [5.74, 6) is 0.300. The minimum Gasteiger partial charge on any atom is -0.399 e. The number of nitrogens with one attached hydrogen (secondary N) is 1. The first kappa shape index (κ1) is 14.9. The van der Waals surface area contributed by atoms with Gasteiger partial charge >= 0.3 is 0 Å². The van der Waals surface area contributed by atoms with Crippen LogP contribution in [-0.2, 0) is 16.6 Å². The summed E-state index contributed by atoms with van der Waals surface area (Å²) in [5, 5.41) is 14.5. The molecule has 9 nitrogen and oxygen atoms in total. The highest BCUT2D eigenvalue weighted by atomic mass is 32.2. The minimum atomic E-state index is -4.08. The number of rotatable bonds is 5. The number of nitrogens with zero attached hydrogens (tertiary/aromatic N) is 2. The normalized spacial score (nSPS) is 11.5. The molecule has 2 aromatic rings. The van der Waals surface area contributed by atoms with E-state index in [-0.39, 0.29) is 12.2 Å². The van der Waals surface area contributed by atoms with Crippen LogP contribution in [0.4, 0.5) is 11.4 Å². The number of aromatic nitrogens is 1. The molecule has 21 heavy (non-hydrogen) atoms. The van der Waals surface area contributed by atoms with Crippen molar-refractivity contribution >= 4 is 21.4 Å². The summed E-state index contributed by atoms with van der Waals surface area (Å²) < 4.78 is 31.3. The van der Waals surface area contributed by atoms with Crippen molar-refractivity contribution in [1.82, 2.24) is 9.88 Å². The summed E-state index contributed by atoms with van der Waals surface area (Å²) in [7, 11) is -4.08. The van der Waals surface area contributed by atoms with Gasteiger partial charge in [0.25, 0.3) is 5.69 Å². The van der Waals surface area contributed by atoms with Gasteiger partial charge < -0.3 is 10.3 Å². The van der Waals surface area contributed by atoms with Crippen LogP contribution in [0, 0.1) is 17.0 Å². The van der Waals surface area contributed by atoms with Gasteiger partial charge in [-0.1, -0.05) is 5.16 Å². The van der Waals surface area contributed by atoms with Crippen LogP contribution in [0.2, 0.25) is 0 Å². The first-order valence-electron chi connectivity index (χ1n) is 5.75. The van der Waals surface area contributed by atoms with Crippen LogP contribution in [-0.4, -0.2) is 18.5 Å². The number of benzene rings is 1. The van der Waals surface area contributed by atoms with Gasteiger partial charge in [-0.05, 0) is 19.1 Å². The van der Waals surface area contributed by atoms with Gasteiger partial charge in [0.1, 0.15) is 0 Å². The van der Waals surface area contributed by atoms with E-state index in [2.05, 4.69) is 9.88 Å². The summed E-state index contributed by atoms with van der Waals surface area (Å²) in [4.78, 5) is 9.67. The number of hydrogen-bond acceptors (Lipinski definition) is 7. The van der Waals surface area contributed by atoms with Gasteiger partial charge in [0.05, 0.1) is 17.2 Å². The number of nitrogens with two attached hydrogens (primary N) is 1. The highest BCUT2D eigenvalue weighted by Gasteiger charge is 2.26. The van der Waals surface area contributed by atoms with Crippen LogP contribution >= 0.6 is 0 Å². The van der Waals surface area contributed by atoms with Crippen LogP contribution < -0.4 is 10.5 Å². The van der Waals surface area contributed by atoms with E-state index < -0.39 is 25.5 Å². The van der Waals surface area contributed by atoms with Crippen LogP contribution in [0.3, 0.4) is 0 Å². The Morgan fingerprint density at radius 2 is 2.14 bits per heavy atom. The van der Waals surface area contributed by atoms with Gasteiger partial charge in [-0.2, -0.15) is 0 Å². The SMILES string of the molecule is Cc1cc(CNS(=O)(=O)c2ccc(N)cc2[N+](=O)[O-])on1. The molecule has 0 unspecified atom stereocenters. The highest BCUT2D eigenvalue weighted by molar-refractivity contribution is 7.89. The van der Waals surface area contributed by atoms with Crippen molar-refractivity contribution in [2.24, 2.45) is 0 Å². The van der Waals surface area contributed by atoms with Crippen LogP contribution in [0.15, 0.2) is 33.7 Å². The van der Waals surface area contributed by atoms with Crippen LogP contribution in [0.1, 0.15) is 11.5 Å². The third-order valence-corrected chi connectivity index (χ3v) is 4.03. The monoisotopic (exact) mass is 312 g/mol. The van der Waals surface area contributed by atoms with E-state index >= 15 is 0 Å². The molecule has 1 heterocycles. The lowest BCUT2D eigenvalue weighted by Gasteiger charge is -2.06. The third-order valence-electron chi connectivity index (χ3n) is 2.58. The van der Waals surface area contributed by atoms with Crippen molar-refractivity contribution in [3.8, 4) is 0 Å². The first-order valence-corrected chi connectivity index (χ1v) is 7.23. The molecular weight excluding hydrogens is 300 g/mol. The van der Waals surface area contributed by atoms with E-state index in [4.69, 9.17) is 10.3 Å². The van der Waals surface area contributed by atoms with Crippen LogP contribution in [0.25, 0.3) is 0 Å². The quantitative estimate of drug-likeness (QED) is 0.475. The molecule has 0 aliphatic rings. The van der Waals surface area contributed by atoms with Crippen molar-refractivity contribution < 1.29 is 17.9 Å². The maximum atomic E-state index is 12.1. The Bertz CT molecular complexity index is 784. The van der Waals surface area contributed by atoms with Crippen molar-refractivity contribution in [2.75, 3.05) is 5.73 Å². The summed E-state index contributed by atoms with van der Waals surface area (Å²) in [5.41, 5.74) is 5.55. The molecule has 2 rings (SSSR count). The molecule has 0 spiro atoms. The fourth-order valence-electron chi connectivity index (χ4n) is 1.65. The smallest absolute Gasteiger partial charge is 0.291 e. The van der Waals surface area contributed by atoms with E-state index in [0.717, 1.165) is 12.1 Å². The van der Waals surface area contributed by atoms with E-state index in [1.54, 1.807) is 13.0 Å². The van der Waals surface area contributed by atoms with Gasteiger partial charge in [0.2, 0.25) is 10.0 Å². The number of hydrogen-bond donors (Lipinski definition) is 2. The molecule has 112 valence electrons. The fourth-order valence-corrected chi connectivity index (χ4v) is 2.79. The molecule has 0 aliphatic carbocycles. The zero-order valence-electron chi connectivity index (χ0n) is 10.9. The highest BCUT2D eigenvalue weighted by Crippen LogP contribution is 2.26.